The molecule has 9 aromatic carbocycles. The van der Waals surface area contributed by atoms with Crippen LogP contribution in [0.4, 0.5) is 0 Å². The fourth-order valence-electron chi connectivity index (χ4n) is 9.20. The molecule has 3 nitrogen and oxygen atoms in total. The number of para-hydroxylation sites is 4. The standard InChI is InChI=1S/C52H33N3/c1-2-15-37(16-3-1)53-47-21-9-7-20-42(47)45-33-38(27-30-51(45)53)54-48-22-10-6-18-40(48)43-31-35(25-28-50(43)54)36-26-29-52-44(32-36)41-19-8-11-23-49(41)55(52)46-24-12-14-34-13-4-5-17-39(34)46/h1-33H. The van der Waals surface area contributed by atoms with Crippen LogP contribution in [0, 0.1) is 0 Å². The Morgan fingerprint density at radius 2 is 0.673 bits per heavy atom. The van der Waals surface area contributed by atoms with Gasteiger partial charge in [0.2, 0.25) is 0 Å². The van der Waals surface area contributed by atoms with Crippen molar-refractivity contribution in [2.24, 2.45) is 0 Å². The molecule has 0 aliphatic rings. The molecular weight excluding hydrogens is 667 g/mol. The molecule has 0 unspecified atom stereocenters. The third-order valence-corrected chi connectivity index (χ3v) is 11.6. The Hall–Kier alpha value is -7.36. The summed E-state index contributed by atoms with van der Waals surface area (Å²) in [5.74, 6) is 0. The number of fused-ring (bicyclic) bond motifs is 10. The normalized spacial score (nSPS) is 12.0. The molecule has 0 fully saturated rings. The van der Waals surface area contributed by atoms with Crippen LogP contribution in [-0.2, 0) is 0 Å². The summed E-state index contributed by atoms with van der Waals surface area (Å²) < 4.78 is 7.24. The molecule has 12 rings (SSSR count). The third-order valence-electron chi connectivity index (χ3n) is 11.6. The highest BCUT2D eigenvalue weighted by molar-refractivity contribution is 6.14. The minimum absolute atomic E-state index is 1.16. The highest BCUT2D eigenvalue weighted by Crippen LogP contribution is 2.40. The molecule has 0 saturated carbocycles. The van der Waals surface area contributed by atoms with E-state index in [1.165, 1.54) is 98.7 Å². The van der Waals surface area contributed by atoms with Crippen LogP contribution in [-0.4, -0.2) is 13.7 Å². The van der Waals surface area contributed by atoms with Gasteiger partial charge in [-0.2, -0.15) is 0 Å². The van der Waals surface area contributed by atoms with E-state index in [2.05, 4.69) is 214 Å². The van der Waals surface area contributed by atoms with Gasteiger partial charge in [-0.1, -0.05) is 121 Å². The lowest BCUT2D eigenvalue weighted by Crippen LogP contribution is -1.95. The molecule has 3 heteroatoms. The lowest BCUT2D eigenvalue weighted by atomic mass is 10.0. The second-order valence-corrected chi connectivity index (χ2v) is 14.6. The highest BCUT2D eigenvalue weighted by atomic mass is 15.0. The smallest absolute Gasteiger partial charge is 0.0542 e. The van der Waals surface area contributed by atoms with E-state index in [9.17, 15) is 0 Å². The largest absolute Gasteiger partial charge is 0.309 e. The molecule has 0 aliphatic carbocycles. The predicted molar refractivity (Wildman–Crippen MR) is 232 cm³/mol. The van der Waals surface area contributed by atoms with Crippen LogP contribution in [0.15, 0.2) is 200 Å². The Morgan fingerprint density at radius 1 is 0.236 bits per heavy atom. The van der Waals surface area contributed by atoms with Crippen LogP contribution >= 0.6 is 0 Å². The zero-order chi connectivity index (χ0) is 36.0. The van der Waals surface area contributed by atoms with E-state index >= 15 is 0 Å². The van der Waals surface area contributed by atoms with Crippen LogP contribution in [0.1, 0.15) is 0 Å². The second kappa shape index (κ2) is 11.6. The Morgan fingerprint density at radius 3 is 1.31 bits per heavy atom. The molecule has 0 spiro atoms. The first kappa shape index (κ1) is 30.1. The van der Waals surface area contributed by atoms with E-state index in [-0.39, 0.29) is 0 Å². The summed E-state index contributed by atoms with van der Waals surface area (Å²) in [7, 11) is 0. The van der Waals surface area contributed by atoms with Crippen LogP contribution in [0.25, 0.3) is 104 Å². The Kier molecular flexibility index (Phi) is 6.34. The fraction of sp³-hybridized carbons (Fsp3) is 0. The average Bonchev–Trinajstić information content (AvgIpc) is 3.88. The minimum atomic E-state index is 1.16. The summed E-state index contributed by atoms with van der Waals surface area (Å²) >= 11 is 0. The summed E-state index contributed by atoms with van der Waals surface area (Å²) in [6, 6.07) is 73.2. The Labute approximate surface area is 317 Å². The lowest BCUT2D eigenvalue weighted by Gasteiger charge is -2.12. The topological polar surface area (TPSA) is 14.8 Å². The molecule has 0 atom stereocenters. The van der Waals surface area contributed by atoms with Gasteiger partial charge >= 0.3 is 0 Å². The summed E-state index contributed by atoms with van der Waals surface area (Å²) in [5.41, 5.74) is 13.2. The molecule has 256 valence electrons. The second-order valence-electron chi connectivity index (χ2n) is 14.6. The van der Waals surface area contributed by atoms with E-state index in [0.29, 0.717) is 0 Å². The van der Waals surface area contributed by atoms with Crippen LogP contribution in [0.2, 0.25) is 0 Å². The zero-order valence-corrected chi connectivity index (χ0v) is 29.9. The monoisotopic (exact) mass is 699 g/mol. The van der Waals surface area contributed by atoms with E-state index in [1.807, 2.05) is 0 Å². The van der Waals surface area contributed by atoms with Crippen molar-refractivity contribution in [1.29, 1.82) is 0 Å². The Balaban J connectivity index is 1.04. The lowest BCUT2D eigenvalue weighted by molar-refractivity contribution is 1.17. The third kappa shape index (κ3) is 4.38. The number of hydrogen-bond acceptors (Lipinski definition) is 0. The van der Waals surface area contributed by atoms with E-state index in [0.717, 1.165) is 5.69 Å². The molecule has 3 aromatic heterocycles. The molecule has 55 heavy (non-hydrogen) atoms. The minimum Gasteiger partial charge on any atom is -0.309 e. The summed E-state index contributed by atoms with van der Waals surface area (Å²) in [6.07, 6.45) is 0. The van der Waals surface area contributed by atoms with Gasteiger partial charge in [-0.25, -0.2) is 0 Å². The van der Waals surface area contributed by atoms with Crippen molar-refractivity contribution >= 4 is 76.2 Å². The van der Waals surface area contributed by atoms with Crippen LogP contribution < -0.4 is 0 Å². The van der Waals surface area contributed by atoms with Gasteiger partial charge in [0, 0.05) is 49.1 Å². The van der Waals surface area contributed by atoms with E-state index in [4.69, 9.17) is 0 Å². The quantitative estimate of drug-likeness (QED) is 0.174. The SMILES string of the molecule is c1ccc(-n2c3ccccc3c3cc(-n4c5ccccc5c5cc(-c6ccc7c(c6)c6ccccc6n7-c6cccc7ccccc67)ccc54)ccc32)cc1. The van der Waals surface area contributed by atoms with E-state index < -0.39 is 0 Å². The summed E-state index contributed by atoms with van der Waals surface area (Å²) in [4.78, 5) is 0. The first-order valence-corrected chi connectivity index (χ1v) is 18.9. The van der Waals surface area contributed by atoms with Gasteiger partial charge in [0.25, 0.3) is 0 Å². The average molecular weight is 700 g/mol. The van der Waals surface area contributed by atoms with Gasteiger partial charge in [0.15, 0.2) is 0 Å². The van der Waals surface area contributed by atoms with Crippen molar-refractivity contribution in [1.82, 2.24) is 13.7 Å². The molecule has 0 bridgehead atoms. The van der Waals surface area contributed by atoms with Gasteiger partial charge in [0.1, 0.15) is 0 Å². The number of benzene rings is 9. The zero-order valence-electron chi connectivity index (χ0n) is 29.9. The van der Waals surface area contributed by atoms with Gasteiger partial charge < -0.3 is 13.7 Å². The van der Waals surface area contributed by atoms with E-state index in [1.54, 1.807) is 0 Å². The van der Waals surface area contributed by atoms with Crippen LogP contribution in [0.3, 0.4) is 0 Å². The number of hydrogen-bond donors (Lipinski definition) is 0. The first-order chi connectivity index (χ1) is 27.3. The van der Waals surface area contributed by atoms with Gasteiger partial charge in [-0.15, -0.1) is 0 Å². The summed E-state index contributed by atoms with van der Waals surface area (Å²) in [5, 5.41) is 10.0. The predicted octanol–water partition coefficient (Wildman–Crippen LogP) is 13.8. The van der Waals surface area contributed by atoms with Gasteiger partial charge in [-0.3, -0.25) is 0 Å². The first-order valence-electron chi connectivity index (χ1n) is 18.9. The highest BCUT2D eigenvalue weighted by Gasteiger charge is 2.18. The number of nitrogens with zero attached hydrogens (tertiary/aromatic N) is 3. The van der Waals surface area contributed by atoms with Crippen molar-refractivity contribution in [3.63, 3.8) is 0 Å². The summed E-state index contributed by atoms with van der Waals surface area (Å²) in [6.45, 7) is 0. The maximum Gasteiger partial charge on any atom is 0.0542 e. The molecular formula is C52H33N3. The molecule has 0 amide bonds. The molecule has 0 saturated heterocycles. The van der Waals surface area contributed by atoms with Gasteiger partial charge in [0.05, 0.1) is 38.8 Å². The van der Waals surface area contributed by atoms with Crippen molar-refractivity contribution in [2.75, 3.05) is 0 Å². The Bertz CT molecular complexity index is 3480. The van der Waals surface area contributed by atoms with Crippen molar-refractivity contribution in [2.45, 2.75) is 0 Å². The molecule has 0 radical (unpaired) electrons. The number of rotatable bonds is 4. The van der Waals surface area contributed by atoms with Crippen molar-refractivity contribution < 1.29 is 0 Å². The number of aromatic nitrogens is 3. The molecule has 0 aliphatic heterocycles. The molecule has 12 aromatic rings. The molecule has 3 heterocycles. The van der Waals surface area contributed by atoms with Gasteiger partial charge in [-0.05, 0) is 95.4 Å². The fourth-order valence-corrected chi connectivity index (χ4v) is 9.20. The maximum absolute atomic E-state index is 2.43. The van der Waals surface area contributed by atoms with Crippen LogP contribution in [0.5, 0.6) is 0 Å². The maximum atomic E-state index is 2.43. The van der Waals surface area contributed by atoms with Crippen molar-refractivity contribution in [3.05, 3.63) is 200 Å². The van der Waals surface area contributed by atoms with Crippen molar-refractivity contribution in [3.8, 4) is 28.2 Å². The molecule has 0 N–H and O–H groups in total.